The zero-order valence-corrected chi connectivity index (χ0v) is 21.5. The van der Waals surface area contributed by atoms with Crippen molar-refractivity contribution in [2.24, 2.45) is 0 Å². The van der Waals surface area contributed by atoms with Gasteiger partial charge in [-0.3, -0.25) is 9.69 Å². The fraction of sp³-hybridized carbons (Fsp3) is 0.429. The minimum Gasteiger partial charge on any atom is -0.443 e. The summed E-state index contributed by atoms with van der Waals surface area (Å²) in [7, 11) is 0. The average Bonchev–Trinajstić information content (AvgIpc) is 3.09. The first kappa shape index (κ1) is 25.3. The molecule has 182 valence electrons. The highest BCUT2D eigenvalue weighted by Gasteiger charge is 2.27. The van der Waals surface area contributed by atoms with Crippen LogP contribution in [0.15, 0.2) is 36.4 Å². The summed E-state index contributed by atoms with van der Waals surface area (Å²) in [6.45, 7) is 14.2. The number of anilines is 2. The topological polar surface area (TPSA) is 74.4 Å². The minimum atomic E-state index is -0.616. The molecule has 6 heteroatoms. The molecule has 0 radical (unpaired) electrons. The molecule has 0 atom stereocenters. The van der Waals surface area contributed by atoms with Crippen LogP contribution in [0.3, 0.4) is 0 Å². The van der Waals surface area contributed by atoms with Gasteiger partial charge in [0, 0.05) is 35.1 Å². The number of rotatable bonds is 7. The molecule has 1 heterocycles. The van der Waals surface area contributed by atoms with E-state index in [-0.39, 0.29) is 5.91 Å². The van der Waals surface area contributed by atoms with E-state index < -0.39 is 11.7 Å². The molecule has 2 aromatic carbocycles. The van der Waals surface area contributed by atoms with Crippen molar-refractivity contribution < 1.29 is 14.3 Å². The monoisotopic (exact) mass is 463 g/mol. The summed E-state index contributed by atoms with van der Waals surface area (Å²) in [5.41, 5.74) is 5.87. The summed E-state index contributed by atoms with van der Waals surface area (Å²) in [6, 6.07) is 12.1. The van der Waals surface area contributed by atoms with E-state index in [1.165, 1.54) is 0 Å². The fourth-order valence-electron chi connectivity index (χ4n) is 4.12. The summed E-state index contributed by atoms with van der Waals surface area (Å²) in [5, 5.41) is 3.86. The van der Waals surface area contributed by atoms with Crippen LogP contribution in [0.4, 0.5) is 16.2 Å². The predicted octanol–water partition coefficient (Wildman–Crippen LogP) is 7.34. The second-order valence-electron chi connectivity index (χ2n) is 9.86. The number of carbonyl (C=O) groups excluding carboxylic acids is 2. The molecule has 0 saturated heterocycles. The van der Waals surface area contributed by atoms with Gasteiger partial charge in [0.2, 0.25) is 5.91 Å². The molecule has 34 heavy (non-hydrogen) atoms. The maximum Gasteiger partial charge on any atom is 0.414 e. The van der Waals surface area contributed by atoms with Gasteiger partial charge >= 0.3 is 6.09 Å². The highest BCUT2D eigenvalue weighted by atomic mass is 16.6. The minimum absolute atomic E-state index is 0.00712. The Hall–Kier alpha value is -3.28. The van der Waals surface area contributed by atoms with Gasteiger partial charge in [-0.05, 0) is 78.3 Å². The third-order valence-electron chi connectivity index (χ3n) is 5.52. The Morgan fingerprint density at radius 3 is 2.29 bits per heavy atom. The summed E-state index contributed by atoms with van der Waals surface area (Å²) >= 11 is 0. The lowest BCUT2D eigenvalue weighted by atomic mass is 10.0. The van der Waals surface area contributed by atoms with Crippen LogP contribution in [0.1, 0.15) is 65.0 Å². The van der Waals surface area contributed by atoms with E-state index in [4.69, 9.17) is 4.74 Å². The number of aromatic amines is 1. The van der Waals surface area contributed by atoms with E-state index in [1.54, 1.807) is 4.90 Å². The Morgan fingerprint density at radius 2 is 1.71 bits per heavy atom. The van der Waals surface area contributed by atoms with Crippen molar-refractivity contribution >= 4 is 34.3 Å². The third-order valence-corrected chi connectivity index (χ3v) is 5.52. The molecule has 6 nitrogen and oxygen atoms in total. The summed E-state index contributed by atoms with van der Waals surface area (Å²) in [6.07, 6.45) is 1.90. The molecular weight excluding hydrogens is 426 g/mol. The Morgan fingerprint density at radius 1 is 1.03 bits per heavy atom. The van der Waals surface area contributed by atoms with Crippen molar-refractivity contribution in [2.75, 3.05) is 16.8 Å². The van der Waals surface area contributed by atoms with Crippen LogP contribution < -0.4 is 10.2 Å². The predicted molar refractivity (Wildman–Crippen MR) is 141 cm³/mol. The molecule has 0 aliphatic heterocycles. The highest BCUT2D eigenvalue weighted by molar-refractivity contribution is 6.09. The molecule has 3 rings (SSSR count). The lowest BCUT2D eigenvalue weighted by Crippen LogP contribution is -2.37. The van der Waals surface area contributed by atoms with E-state index in [9.17, 15) is 9.59 Å². The van der Waals surface area contributed by atoms with Gasteiger partial charge in [-0.15, -0.1) is 0 Å². The van der Waals surface area contributed by atoms with E-state index in [0.717, 1.165) is 51.8 Å². The molecule has 0 fully saturated rings. The van der Waals surface area contributed by atoms with Gasteiger partial charge in [0.15, 0.2) is 0 Å². The van der Waals surface area contributed by atoms with Crippen LogP contribution in [0.25, 0.3) is 22.2 Å². The number of fused-ring (bicyclic) bond motifs is 1. The Bertz CT molecular complexity index is 1170. The van der Waals surface area contributed by atoms with Crippen molar-refractivity contribution in [3.8, 4) is 11.3 Å². The number of unbranched alkanes of at least 4 members (excludes halogenated alkanes) is 1. The standard InChI is InChI=1S/C28H37N3O3/c1-8-10-11-24(32)29-21-12-13-23-22(17-21)26(31(9-2)27(33)34-28(5,6)7)25(30-23)20-15-18(3)14-19(4)16-20/h12-17,30H,8-11H2,1-7H3,(H,29,32). The zero-order valence-electron chi connectivity index (χ0n) is 21.5. The smallest absolute Gasteiger partial charge is 0.414 e. The fourth-order valence-corrected chi connectivity index (χ4v) is 4.12. The maximum absolute atomic E-state index is 13.3. The molecule has 3 aromatic rings. The number of amides is 2. The van der Waals surface area contributed by atoms with Crippen LogP contribution >= 0.6 is 0 Å². The maximum atomic E-state index is 13.3. The zero-order chi connectivity index (χ0) is 25.0. The molecule has 2 amide bonds. The molecule has 0 bridgehead atoms. The molecule has 0 spiro atoms. The van der Waals surface area contributed by atoms with Crippen LogP contribution in [0.5, 0.6) is 0 Å². The third kappa shape index (κ3) is 5.99. The first-order valence-electron chi connectivity index (χ1n) is 12.1. The highest BCUT2D eigenvalue weighted by Crippen LogP contribution is 2.40. The van der Waals surface area contributed by atoms with E-state index in [2.05, 4.69) is 49.3 Å². The van der Waals surface area contributed by atoms with Crippen molar-refractivity contribution in [3.05, 3.63) is 47.5 Å². The van der Waals surface area contributed by atoms with Gasteiger partial charge in [-0.25, -0.2) is 4.79 Å². The number of aromatic nitrogens is 1. The number of nitrogens with one attached hydrogen (secondary N) is 2. The van der Waals surface area contributed by atoms with Crippen LogP contribution in [-0.4, -0.2) is 29.1 Å². The molecule has 0 unspecified atom stereocenters. The van der Waals surface area contributed by atoms with E-state index in [0.29, 0.717) is 18.7 Å². The van der Waals surface area contributed by atoms with Gasteiger partial charge in [-0.1, -0.05) is 30.5 Å². The Balaban J connectivity index is 2.17. The number of nitrogens with zero attached hydrogens (tertiary/aromatic N) is 1. The number of H-pyrrole nitrogens is 1. The molecule has 0 aliphatic rings. The molecule has 1 aromatic heterocycles. The normalized spacial score (nSPS) is 11.5. The van der Waals surface area contributed by atoms with Crippen molar-refractivity contribution in [1.82, 2.24) is 4.98 Å². The number of hydrogen-bond acceptors (Lipinski definition) is 3. The Kier molecular flexibility index (Phi) is 7.70. The second-order valence-corrected chi connectivity index (χ2v) is 9.86. The van der Waals surface area contributed by atoms with Gasteiger partial charge in [0.05, 0.1) is 11.4 Å². The number of ether oxygens (including phenoxy) is 1. The van der Waals surface area contributed by atoms with E-state index in [1.807, 2.05) is 45.9 Å². The summed E-state index contributed by atoms with van der Waals surface area (Å²) in [4.78, 5) is 30.8. The van der Waals surface area contributed by atoms with Crippen molar-refractivity contribution in [2.45, 2.75) is 73.3 Å². The molecule has 2 N–H and O–H groups in total. The quantitative estimate of drug-likeness (QED) is 0.385. The van der Waals surface area contributed by atoms with Gasteiger partial charge in [-0.2, -0.15) is 0 Å². The summed E-state index contributed by atoms with van der Waals surface area (Å²) in [5.74, 6) is -0.00712. The first-order valence-corrected chi connectivity index (χ1v) is 12.1. The van der Waals surface area contributed by atoms with Gasteiger partial charge in [0.25, 0.3) is 0 Å². The average molecular weight is 464 g/mol. The SMILES string of the molecule is CCCCC(=O)Nc1ccc2[nH]c(-c3cc(C)cc(C)c3)c(N(CC)C(=O)OC(C)(C)C)c2c1. The number of hydrogen-bond donors (Lipinski definition) is 2. The lowest BCUT2D eigenvalue weighted by molar-refractivity contribution is -0.116. The van der Waals surface area contributed by atoms with Crippen molar-refractivity contribution in [3.63, 3.8) is 0 Å². The number of aryl methyl sites for hydroxylation is 2. The van der Waals surface area contributed by atoms with Crippen molar-refractivity contribution in [1.29, 1.82) is 0 Å². The molecular formula is C28H37N3O3. The number of benzene rings is 2. The largest absolute Gasteiger partial charge is 0.443 e. The Labute approximate surface area is 202 Å². The second kappa shape index (κ2) is 10.3. The van der Waals surface area contributed by atoms with Crippen LogP contribution in [-0.2, 0) is 9.53 Å². The summed E-state index contributed by atoms with van der Waals surface area (Å²) < 4.78 is 5.74. The van der Waals surface area contributed by atoms with Gasteiger partial charge in [0.1, 0.15) is 5.60 Å². The lowest BCUT2D eigenvalue weighted by Gasteiger charge is -2.27. The first-order chi connectivity index (χ1) is 16.0. The van der Waals surface area contributed by atoms with Gasteiger partial charge < -0.3 is 15.0 Å². The van der Waals surface area contributed by atoms with E-state index >= 15 is 0 Å². The molecule has 0 aliphatic carbocycles. The van der Waals surface area contributed by atoms with Crippen LogP contribution in [0.2, 0.25) is 0 Å². The molecule has 0 saturated carbocycles. The van der Waals surface area contributed by atoms with Crippen LogP contribution in [0, 0.1) is 13.8 Å². The number of carbonyl (C=O) groups is 2.